The molecule has 0 saturated heterocycles. The maximum Gasteiger partial charge on any atom is 0.158 e. The van der Waals surface area contributed by atoms with E-state index in [1.807, 2.05) is 12.2 Å². The SMILES string of the molecule is [C]1=CC=NC2OCC=CC12. The van der Waals surface area contributed by atoms with Gasteiger partial charge in [0.1, 0.15) is 0 Å². The number of fused-ring (bicyclic) bond motifs is 1. The smallest absolute Gasteiger partial charge is 0.158 e. The van der Waals surface area contributed by atoms with E-state index in [4.69, 9.17) is 4.74 Å². The van der Waals surface area contributed by atoms with Gasteiger partial charge < -0.3 is 4.74 Å². The van der Waals surface area contributed by atoms with Crippen LogP contribution in [0, 0.1) is 12.0 Å². The molecule has 0 saturated carbocycles. The van der Waals surface area contributed by atoms with E-state index in [1.165, 1.54) is 0 Å². The van der Waals surface area contributed by atoms with Gasteiger partial charge in [0.05, 0.1) is 6.61 Å². The zero-order valence-corrected chi connectivity index (χ0v) is 5.53. The zero-order valence-electron chi connectivity index (χ0n) is 5.53. The molecule has 2 heterocycles. The summed E-state index contributed by atoms with van der Waals surface area (Å²) in [6.45, 7) is 0.681. The number of aliphatic imine (C=N–C) groups is 1. The summed E-state index contributed by atoms with van der Waals surface area (Å²) in [4.78, 5) is 4.13. The molecule has 2 unspecified atom stereocenters. The Morgan fingerprint density at radius 2 is 2.60 bits per heavy atom. The number of hydrogen-bond acceptors (Lipinski definition) is 2. The molecule has 10 heavy (non-hydrogen) atoms. The zero-order chi connectivity index (χ0) is 6.81. The Bertz CT molecular complexity index is 205. The van der Waals surface area contributed by atoms with Crippen LogP contribution in [0.15, 0.2) is 23.2 Å². The van der Waals surface area contributed by atoms with Crippen LogP contribution in [0.25, 0.3) is 0 Å². The molecule has 0 fully saturated rings. The fourth-order valence-electron chi connectivity index (χ4n) is 1.11. The normalized spacial score (nSPS) is 36.0. The highest BCUT2D eigenvalue weighted by atomic mass is 16.5. The lowest BCUT2D eigenvalue weighted by molar-refractivity contribution is 0.0507. The van der Waals surface area contributed by atoms with Crippen LogP contribution in [0.2, 0.25) is 0 Å². The number of dihydropyridines is 1. The maximum atomic E-state index is 5.31. The van der Waals surface area contributed by atoms with E-state index in [-0.39, 0.29) is 12.1 Å². The Morgan fingerprint density at radius 3 is 3.50 bits per heavy atom. The van der Waals surface area contributed by atoms with Crippen LogP contribution in [0.1, 0.15) is 0 Å². The molecule has 0 amide bonds. The number of nitrogens with zero attached hydrogens (tertiary/aromatic N) is 1. The second-order valence-electron chi connectivity index (χ2n) is 2.31. The Morgan fingerprint density at radius 1 is 1.60 bits per heavy atom. The first-order chi connectivity index (χ1) is 4.97. The number of rotatable bonds is 0. The molecule has 2 nitrogen and oxygen atoms in total. The minimum atomic E-state index is -0.00463. The molecule has 2 atom stereocenters. The van der Waals surface area contributed by atoms with Crippen molar-refractivity contribution in [3.8, 4) is 0 Å². The van der Waals surface area contributed by atoms with Crippen LogP contribution in [0.3, 0.4) is 0 Å². The van der Waals surface area contributed by atoms with E-state index in [0.717, 1.165) is 0 Å². The van der Waals surface area contributed by atoms with E-state index in [1.54, 1.807) is 6.21 Å². The first-order valence-electron chi connectivity index (χ1n) is 3.36. The number of hydrogen-bond donors (Lipinski definition) is 0. The lowest BCUT2D eigenvalue weighted by Crippen LogP contribution is -2.24. The van der Waals surface area contributed by atoms with Gasteiger partial charge in [0.15, 0.2) is 6.23 Å². The van der Waals surface area contributed by atoms with Crippen molar-refractivity contribution in [1.29, 1.82) is 0 Å². The third kappa shape index (κ3) is 0.907. The summed E-state index contributed by atoms with van der Waals surface area (Å²) >= 11 is 0. The largest absolute Gasteiger partial charge is 0.352 e. The molecule has 0 aliphatic carbocycles. The van der Waals surface area contributed by atoms with Crippen LogP contribution in [0.5, 0.6) is 0 Å². The van der Waals surface area contributed by atoms with Gasteiger partial charge in [0, 0.05) is 12.1 Å². The Kier molecular flexibility index (Phi) is 1.40. The van der Waals surface area contributed by atoms with Crippen LogP contribution in [-0.2, 0) is 4.74 Å². The van der Waals surface area contributed by atoms with E-state index in [2.05, 4.69) is 17.1 Å². The fourth-order valence-corrected chi connectivity index (χ4v) is 1.11. The first kappa shape index (κ1) is 5.86. The Labute approximate surface area is 59.9 Å². The average Bonchev–Trinajstić information content (AvgIpc) is 2.05. The second-order valence-corrected chi connectivity index (χ2v) is 2.31. The third-order valence-electron chi connectivity index (χ3n) is 1.61. The lowest BCUT2D eigenvalue weighted by Gasteiger charge is -2.23. The minimum Gasteiger partial charge on any atom is -0.352 e. The molecular formula is C8H8NO. The predicted octanol–water partition coefficient (Wildman–Crippen LogP) is 0.959. The highest BCUT2D eigenvalue weighted by Gasteiger charge is 2.20. The Balaban J connectivity index is 2.21. The molecular weight excluding hydrogens is 126 g/mol. The molecule has 51 valence electrons. The van der Waals surface area contributed by atoms with Crippen LogP contribution in [0.4, 0.5) is 0 Å². The van der Waals surface area contributed by atoms with Crippen LogP contribution >= 0.6 is 0 Å². The summed E-state index contributed by atoms with van der Waals surface area (Å²) in [5.41, 5.74) is 0. The Hall–Kier alpha value is -0.890. The van der Waals surface area contributed by atoms with Gasteiger partial charge in [-0.3, -0.25) is 4.99 Å². The van der Waals surface area contributed by atoms with E-state index < -0.39 is 0 Å². The van der Waals surface area contributed by atoms with Gasteiger partial charge in [-0.2, -0.15) is 0 Å². The van der Waals surface area contributed by atoms with Crippen molar-refractivity contribution >= 4 is 6.21 Å². The summed E-state index contributed by atoms with van der Waals surface area (Å²) in [6.07, 6.45) is 10.8. The summed E-state index contributed by atoms with van der Waals surface area (Å²) in [5, 5.41) is 0. The summed E-state index contributed by atoms with van der Waals surface area (Å²) in [7, 11) is 0. The minimum absolute atomic E-state index is 0.00463. The number of ether oxygens (including phenoxy) is 1. The average molecular weight is 134 g/mol. The van der Waals surface area contributed by atoms with Gasteiger partial charge in [0.25, 0.3) is 0 Å². The third-order valence-corrected chi connectivity index (χ3v) is 1.61. The molecule has 0 spiro atoms. The van der Waals surface area contributed by atoms with Gasteiger partial charge in [-0.15, -0.1) is 0 Å². The molecule has 0 aromatic rings. The van der Waals surface area contributed by atoms with Crippen molar-refractivity contribution in [2.24, 2.45) is 10.9 Å². The molecule has 1 radical (unpaired) electrons. The van der Waals surface area contributed by atoms with Crippen molar-refractivity contribution in [2.75, 3.05) is 6.61 Å². The monoisotopic (exact) mass is 134 g/mol. The van der Waals surface area contributed by atoms with Gasteiger partial charge in [0.2, 0.25) is 0 Å². The van der Waals surface area contributed by atoms with Crippen molar-refractivity contribution in [1.82, 2.24) is 0 Å². The standard InChI is InChI=1S/C8H8NO/c1-3-7-4-2-6-10-8(7)9-5-1/h1-2,4-5,7-8H,6H2. The van der Waals surface area contributed by atoms with Gasteiger partial charge in [-0.05, 0) is 12.2 Å². The van der Waals surface area contributed by atoms with Gasteiger partial charge >= 0.3 is 0 Å². The predicted molar refractivity (Wildman–Crippen MR) is 38.7 cm³/mol. The van der Waals surface area contributed by atoms with Crippen molar-refractivity contribution in [2.45, 2.75) is 6.23 Å². The molecule has 0 N–H and O–H groups in total. The fraction of sp³-hybridized carbons (Fsp3) is 0.375. The molecule has 2 aliphatic rings. The van der Waals surface area contributed by atoms with Gasteiger partial charge in [-0.25, -0.2) is 0 Å². The van der Waals surface area contributed by atoms with Crippen molar-refractivity contribution in [3.05, 3.63) is 24.3 Å². The first-order valence-corrected chi connectivity index (χ1v) is 3.36. The van der Waals surface area contributed by atoms with E-state index >= 15 is 0 Å². The quantitative estimate of drug-likeness (QED) is 0.452. The molecule has 0 aromatic heterocycles. The summed E-state index contributed by atoms with van der Waals surface area (Å²) in [6, 6.07) is 0. The molecule has 0 bridgehead atoms. The number of allylic oxidation sites excluding steroid dienone is 1. The summed E-state index contributed by atoms with van der Waals surface area (Å²) < 4.78 is 5.31. The second kappa shape index (κ2) is 2.39. The molecule has 2 aliphatic heterocycles. The van der Waals surface area contributed by atoms with E-state index in [0.29, 0.717) is 6.61 Å². The van der Waals surface area contributed by atoms with Gasteiger partial charge in [-0.1, -0.05) is 12.2 Å². The topological polar surface area (TPSA) is 21.6 Å². The highest BCUT2D eigenvalue weighted by molar-refractivity contribution is 5.71. The highest BCUT2D eigenvalue weighted by Crippen LogP contribution is 2.18. The molecule has 2 rings (SSSR count). The van der Waals surface area contributed by atoms with Crippen LogP contribution in [-0.4, -0.2) is 19.0 Å². The molecule has 2 heteroatoms. The van der Waals surface area contributed by atoms with Crippen LogP contribution < -0.4 is 0 Å². The summed E-state index contributed by atoms with van der Waals surface area (Å²) in [5.74, 6) is 0.249. The maximum absolute atomic E-state index is 5.31. The van der Waals surface area contributed by atoms with Crippen molar-refractivity contribution < 1.29 is 4.74 Å². The van der Waals surface area contributed by atoms with E-state index in [9.17, 15) is 0 Å². The van der Waals surface area contributed by atoms with Crippen molar-refractivity contribution in [3.63, 3.8) is 0 Å². The molecule has 0 aromatic carbocycles. The lowest BCUT2D eigenvalue weighted by atomic mass is 10.0.